The van der Waals surface area contributed by atoms with E-state index in [1.807, 2.05) is 0 Å². The van der Waals surface area contributed by atoms with E-state index in [-0.39, 0.29) is 0 Å². The van der Waals surface area contributed by atoms with E-state index in [0.717, 1.165) is 4.48 Å². The third-order valence-corrected chi connectivity index (χ3v) is 2.78. The summed E-state index contributed by atoms with van der Waals surface area (Å²) in [6, 6.07) is 10.7. The second-order valence-electron chi connectivity index (χ2n) is 4.45. The van der Waals surface area contributed by atoms with Gasteiger partial charge in [0.05, 0.1) is 20.6 Å². The van der Waals surface area contributed by atoms with Gasteiger partial charge in [-0.15, -0.1) is 0 Å². The van der Waals surface area contributed by atoms with Crippen molar-refractivity contribution in [3.63, 3.8) is 0 Å². The van der Waals surface area contributed by atoms with Crippen molar-refractivity contribution in [2.75, 3.05) is 20.6 Å². The molecule has 0 aliphatic carbocycles. The van der Waals surface area contributed by atoms with E-state index in [0.29, 0.717) is 0 Å². The van der Waals surface area contributed by atoms with Crippen LogP contribution in [0.25, 0.3) is 0 Å². The molecule has 0 unspecified atom stereocenters. The first-order chi connectivity index (χ1) is 6.67. The monoisotopic (exact) mass is 192 g/mol. The first-order valence-corrected chi connectivity index (χ1v) is 5.55. The van der Waals surface area contributed by atoms with Crippen LogP contribution in [0.4, 0.5) is 5.69 Å². The molecule has 1 aromatic rings. The molecule has 1 nitrogen and oxygen atoms in total. The molecule has 0 aliphatic rings. The van der Waals surface area contributed by atoms with Crippen LogP contribution in [0.5, 0.6) is 0 Å². The third kappa shape index (κ3) is 3.15. The van der Waals surface area contributed by atoms with Crippen LogP contribution in [0.1, 0.15) is 26.2 Å². The lowest BCUT2D eigenvalue weighted by Crippen LogP contribution is -2.41. The fourth-order valence-electron chi connectivity index (χ4n) is 1.72. The first kappa shape index (κ1) is 11.3. The maximum Gasteiger partial charge on any atom is 0.132 e. The molecular formula is C13H22N+. The van der Waals surface area contributed by atoms with E-state index in [4.69, 9.17) is 0 Å². The minimum Gasteiger partial charge on any atom is -0.296 e. The SMILES string of the molecule is CCCCC[N+](C)(C)c1ccccc1. The average Bonchev–Trinajstić information content (AvgIpc) is 2.19. The quantitative estimate of drug-likeness (QED) is 0.495. The van der Waals surface area contributed by atoms with Gasteiger partial charge in [-0.1, -0.05) is 31.5 Å². The lowest BCUT2D eigenvalue weighted by molar-refractivity contribution is 0.384. The Morgan fingerprint density at radius 3 is 2.21 bits per heavy atom. The smallest absolute Gasteiger partial charge is 0.132 e. The van der Waals surface area contributed by atoms with Crippen LogP contribution >= 0.6 is 0 Å². The maximum absolute atomic E-state index is 2.28. The molecule has 0 fully saturated rings. The Bertz CT molecular complexity index is 251. The zero-order valence-electron chi connectivity index (χ0n) is 9.66. The van der Waals surface area contributed by atoms with Crippen molar-refractivity contribution >= 4 is 5.69 Å². The molecule has 0 heterocycles. The molecule has 0 saturated carbocycles. The second kappa shape index (κ2) is 5.16. The van der Waals surface area contributed by atoms with Crippen molar-refractivity contribution in [1.82, 2.24) is 4.48 Å². The highest BCUT2D eigenvalue weighted by Crippen LogP contribution is 2.18. The summed E-state index contributed by atoms with van der Waals surface area (Å²) < 4.78 is 1.00. The summed E-state index contributed by atoms with van der Waals surface area (Å²) in [6.45, 7) is 3.49. The van der Waals surface area contributed by atoms with Gasteiger partial charge in [0.15, 0.2) is 0 Å². The van der Waals surface area contributed by atoms with Crippen molar-refractivity contribution in [3.05, 3.63) is 30.3 Å². The largest absolute Gasteiger partial charge is 0.296 e. The van der Waals surface area contributed by atoms with Gasteiger partial charge in [-0.05, 0) is 25.0 Å². The Morgan fingerprint density at radius 1 is 1.00 bits per heavy atom. The molecule has 1 rings (SSSR count). The van der Waals surface area contributed by atoms with Crippen LogP contribution in [0.2, 0.25) is 0 Å². The Labute approximate surface area is 88.0 Å². The van der Waals surface area contributed by atoms with E-state index < -0.39 is 0 Å². The Hall–Kier alpha value is -0.820. The maximum atomic E-state index is 2.28. The standard InChI is InChI=1S/C13H22N/c1-4-5-9-12-14(2,3)13-10-7-6-8-11-13/h6-8,10-11H,4-5,9,12H2,1-3H3/q+1. The average molecular weight is 192 g/mol. The molecule has 14 heavy (non-hydrogen) atoms. The minimum absolute atomic E-state index is 1.00. The first-order valence-electron chi connectivity index (χ1n) is 5.55. The van der Waals surface area contributed by atoms with Crippen LogP contribution in [0.15, 0.2) is 30.3 Å². The normalized spacial score (nSPS) is 11.6. The molecule has 0 aliphatic heterocycles. The molecule has 0 bridgehead atoms. The van der Waals surface area contributed by atoms with Crippen LogP contribution in [-0.2, 0) is 0 Å². The van der Waals surface area contributed by atoms with Crippen LogP contribution in [-0.4, -0.2) is 20.6 Å². The zero-order valence-corrected chi connectivity index (χ0v) is 9.66. The molecule has 0 N–H and O–H groups in total. The Kier molecular flexibility index (Phi) is 4.15. The number of quaternary nitrogens is 1. The summed E-state index contributed by atoms with van der Waals surface area (Å²) in [7, 11) is 4.57. The fourth-order valence-corrected chi connectivity index (χ4v) is 1.72. The number of hydrogen-bond donors (Lipinski definition) is 0. The summed E-state index contributed by atoms with van der Waals surface area (Å²) in [4.78, 5) is 0. The van der Waals surface area contributed by atoms with Crippen molar-refractivity contribution in [1.29, 1.82) is 0 Å². The van der Waals surface area contributed by atoms with Gasteiger partial charge in [0.2, 0.25) is 0 Å². The molecule has 0 atom stereocenters. The van der Waals surface area contributed by atoms with Gasteiger partial charge in [0.25, 0.3) is 0 Å². The van der Waals surface area contributed by atoms with Crippen molar-refractivity contribution in [2.24, 2.45) is 0 Å². The van der Waals surface area contributed by atoms with E-state index in [9.17, 15) is 0 Å². The Morgan fingerprint density at radius 2 is 1.64 bits per heavy atom. The summed E-state index contributed by atoms with van der Waals surface area (Å²) in [5, 5.41) is 0. The highest BCUT2D eigenvalue weighted by molar-refractivity contribution is 5.40. The van der Waals surface area contributed by atoms with Gasteiger partial charge >= 0.3 is 0 Å². The molecule has 0 spiro atoms. The van der Waals surface area contributed by atoms with E-state index in [1.165, 1.54) is 31.5 Å². The van der Waals surface area contributed by atoms with E-state index >= 15 is 0 Å². The van der Waals surface area contributed by atoms with Gasteiger partial charge in [0.1, 0.15) is 5.69 Å². The van der Waals surface area contributed by atoms with Gasteiger partial charge in [0, 0.05) is 0 Å². The highest BCUT2D eigenvalue weighted by Gasteiger charge is 2.16. The molecule has 0 saturated heterocycles. The van der Waals surface area contributed by atoms with Crippen molar-refractivity contribution < 1.29 is 0 Å². The zero-order chi connectivity index (χ0) is 10.4. The summed E-state index contributed by atoms with van der Waals surface area (Å²) >= 11 is 0. The predicted molar refractivity (Wildman–Crippen MR) is 64.5 cm³/mol. The van der Waals surface area contributed by atoms with Gasteiger partial charge < -0.3 is 0 Å². The fraction of sp³-hybridized carbons (Fsp3) is 0.538. The molecule has 78 valence electrons. The van der Waals surface area contributed by atoms with Crippen molar-refractivity contribution in [2.45, 2.75) is 26.2 Å². The topological polar surface area (TPSA) is 0 Å². The van der Waals surface area contributed by atoms with E-state index in [2.05, 4.69) is 51.4 Å². The molecule has 0 radical (unpaired) electrons. The number of rotatable bonds is 5. The number of nitrogens with zero attached hydrogens (tertiary/aromatic N) is 1. The lowest BCUT2D eigenvalue weighted by Gasteiger charge is -2.29. The molecule has 1 heteroatoms. The number of para-hydroxylation sites is 1. The summed E-state index contributed by atoms with van der Waals surface area (Å²) in [6.07, 6.45) is 3.96. The minimum atomic E-state index is 1.00. The Balaban J connectivity index is 2.56. The second-order valence-corrected chi connectivity index (χ2v) is 4.45. The summed E-state index contributed by atoms with van der Waals surface area (Å²) in [5.41, 5.74) is 1.41. The number of hydrogen-bond acceptors (Lipinski definition) is 0. The molecule has 0 amide bonds. The van der Waals surface area contributed by atoms with Gasteiger partial charge in [-0.25, -0.2) is 0 Å². The number of benzene rings is 1. The third-order valence-electron chi connectivity index (χ3n) is 2.78. The van der Waals surface area contributed by atoms with Gasteiger partial charge in [-0.2, -0.15) is 0 Å². The molecule has 0 aromatic heterocycles. The lowest BCUT2D eigenvalue weighted by atomic mass is 10.2. The highest BCUT2D eigenvalue weighted by atomic mass is 15.3. The predicted octanol–water partition coefficient (Wildman–Crippen LogP) is 3.44. The van der Waals surface area contributed by atoms with Crippen LogP contribution in [0, 0.1) is 0 Å². The van der Waals surface area contributed by atoms with Crippen LogP contribution in [0.3, 0.4) is 0 Å². The van der Waals surface area contributed by atoms with E-state index in [1.54, 1.807) is 0 Å². The van der Waals surface area contributed by atoms with Crippen molar-refractivity contribution in [3.8, 4) is 0 Å². The molecular weight excluding hydrogens is 170 g/mol. The molecule has 1 aromatic carbocycles. The van der Waals surface area contributed by atoms with Gasteiger partial charge in [-0.3, -0.25) is 4.48 Å². The number of unbranched alkanes of at least 4 members (excludes halogenated alkanes) is 2. The van der Waals surface area contributed by atoms with Crippen LogP contribution < -0.4 is 4.48 Å². The summed E-state index contributed by atoms with van der Waals surface area (Å²) in [5.74, 6) is 0.